The summed E-state index contributed by atoms with van der Waals surface area (Å²) >= 11 is 6.21. The third kappa shape index (κ3) is 5.14. The molecule has 1 fully saturated rings. The number of aliphatic hydroxyl groups excluding tert-OH is 1. The molecule has 136 valence electrons. The first-order valence-electron chi connectivity index (χ1n) is 7.74. The molecule has 6 nitrogen and oxygen atoms in total. The van der Waals surface area contributed by atoms with Crippen molar-refractivity contribution in [2.75, 3.05) is 33.4 Å². The van der Waals surface area contributed by atoms with Crippen molar-refractivity contribution >= 4 is 29.9 Å². The van der Waals surface area contributed by atoms with Crippen LogP contribution in [0.5, 0.6) is 11.5 Å². The first-order valence-corrected chi connectivity index (χ1v) is 8.11. The Bertz CT molecular complexity index is 557. The molecule has 0 bridgehead atoms. The Morgan fingerprint density at radius 2 is 2.21 bits per heavy atom. The highest BCUT2D eigenvalue weighted by atomic mass is 35.5. The number of hydrogen-bond acceptors (Lipinski definition) is 5. The van der Waals surface area contributed by atoms with Crippen LogP contribution in [-0.4, -0.2) is 50.5 Å². The molecular formula is C16H24Cl2N2O4. The van der Waals surface area contributed by atoms with Gasteiger partial charge in [-0.25, -0.2) is 0 Å². The van der Waals surface area contributed by atoms with Crippen molar-refractivity contribution < 1.29 is 19.4 Å². The third-order valence-corrected chi connectivity index (χ3v) is 4.05. The lowest BCUT2D eigenvalue weighted by molar-refractivity contribution is 0.0926. The smallest absolute Gasteiger partial charge is 0.251 e. The summed E-state index contributed by atoms with van der Waals surface area (Å²) in [6.45, 7) is 4.17. The molecule has 2 rings (SSSR count). The zero-order valence-electron chi connectivity index (χ0n) is 13.8. The van der Waals surface area contributed by atoms with E-state index in [1.807, 2.05) is 6.92 Å². The number of hydrogen-bond donors (Lipinski definition) is 3. The maximum Gasteiger partial charge on any atom is 0.251 e. The van der Waals surface area contributed by atoms with Gasteiger partial charge in [-0.3, -0.25) is 4.79 Å². The van der Waals surface area contributed by atoms with E-state index < -0.39 is 6.10 Å². The van der Waals surface area contributed by atoms with Crippen LogP contribution in [0, 0.1) is 5.92 Å². The van der Waals surface area contributed by atoms with Gasteiger partial charge in [-0.2, -0.15) is 0 Å². The predicted octanol–water partition coefficient (Wildman–Crippen LogP) is 1.87. The molecule has 1 aliphatic rings. The van der Waals surface area contributed by atoms with E-state index >= 15 is 0 Å². The van der Waals surface area contributed by atoms with Gasteiger partial charge in [-0.1, -0.05) is 18.5 Å². The minimum atomic E-state index is -0.432. The lowest BCUT2D eigenvalue weighted by Crippen LogP contribution is -2.34. The van der Waals surface area contributed by atoms with Crippen molar-refractivity contribution in [2.45, 2.75) is 19.4 Å². The molecule has 2 unspecified atom stereocenters. The van der Waals surface area contributed by atoms with Gasteiger partial charge >= 0.3 is 0 Å². The van der Waals surface area contributed by atoms with Crippen LogP contribution in [0.4, 0.5) is 0 Å². The fraction of sp³-hybridized carbons (Fsp3) is 0.562. The summed E-state index contributed by atoms with van der Waals surface area (Å²) in [6.07, 6.45) is 0.415. The first-order chi connectivity index (χ1) is 11.1. The van der Waals surface area contributed by atoms with Gasteiger partial charge in [0.1, 0.15) is 0 Å². The van der Waals surface area contributed by atoms with Crippen molar-refractivity contribution in [3.05, 3.63) is 22.7 Å². The normalized spacial score (nSPS) is 19.5. The highest BCUT2D eigenvalue weighted by molar-refractivity contribution is 6.32. The molecular weight excluding hydrogens is 355 g/mol. The van der Waals surface area contributed by atoms with Crippen molar-refractivity contribution in [1.29, 1.82) is 0 Å². The number of ether oxygens (including phenoxy) is 2. The molecule has 1 aromatic rings. The van der Waals surface area contributed by atoms with E-state index in [0.29, 0.717) is 48.3 Å². The molecule has 0 aromatic heterocycles. The predicted molar refractivity (Wildman–Crippen MR) is 95.7 cm³/mol. The molecule has 8 heteroatoms. The largest absolute Gasteiger partial charge is 0.493 e. The van der Waals surface area contributed by atoms with E-state index in [0.717, 1.165) is 6.42 Å². The number of amides is 1. The summed E-state index contributed by atoms with van der Waals surface area (Å²) < 4.78 is 10.8. The summed E-state index contributed by atoms with van der Waals surface area (Å²) in [6, 6.07) is 3.17. The van der Waals surface area contributed by atoms with E-state index in [9.17, 15) is 9.90 Å². The summed E-state index contributed by atoms with van der Waals surface area (Å²) in [5.74, 6) is 0.636. The van der Waals surface area contributed by atoms with Crippen molar-refractivity contribution in [3.8, 4) is 11.5 Å². The molecule has 0 aliphatic carbocycles. The van der Waals surface area contributed by atoms with E-state index in [1.165, 1.54) is 7.11 Å². The zero-order chi connectivity index (χ0) is 16.8. The number of nitrogens with one attached hydrogen (secondary N) is 2. The second-order valence-electron chi connectivity index (χ2n) is 5.53. The number of aliphatic hydroxyl groups is 1. The maximum atomic E-state index is 12.3. The molecule has 1 saturated heterocycles. The Morgan fingerprint density at radius 1 is 1.46 bits per heavy atom. The summed E-state index contributed by atoms with van der Waals surface area (Å²) in [7, 11) is 1.51. The average Bonchev–Trinajstić information content (AvgIpc) is 2.95. The van der Waals surface area contributed by atoms with Gasteiger partial charge in [0.2, 0.25) is 0 Å². The lowest BCUT2D eigenvalue weighted by Gasteiger charge is -2.16. The molecule has 1 aromatic carbocycles. The Labute approximate surface area is 153 Å². The van der Waals surface area contributed by atoms with Crippen LogP contribution in [-0.2, 0) is 0 Å². The Balaban J connectivity index is 0.00000288. The topological polar surface area (TPSA) is 79.8 Å². The van der Waals surface area contributed by atoms with E-state index in [4.69, 9.17) is 21.1 Å². The number of benzene rings is 1. The number of halogens is 2. The molecule has 24 heavy (non-hydrogen) atoms. The number of carbonyl (C=O) groups excluding carboxylic acids is 1. The standard InChI is InChI=1S/C16H23ClN2O4.ClH/c1-3-4-23-15-12(17)5-10(6-14(15)22-2)16(21)19-8-11-7-18-9-13(11)20;/h5-6,11,13,18,20H,3-4,7-9H2,1-2H3,(H,19,21);1H. The lowest BCUT2D eigenvalue weighted by atomic mass is 10.1. The zero-order valence-corrected chi connectivity index (χ0v) is 15.4. The van der Waals surface area contributed by atoms with E-state index in [-0.39, 0.29) is 24.2 Å². The van der Waals surface area contributed by atoms with Crippen LogP contribution in [0.2, 0.25) is 5.02 Å². The van der Waals surface area contributed by atoms with Gasteiger partial charge in [0.05, 0.1) is 24.8 Å². The van der Waals surface area contributed by atoms with Crippen LogP contribution in [0.15, 0.2) is 12.1 Å². The van der Waals surface area contributed by atoms with Crippen molar-refractivity contribution in [1.82, 2.24) is 10.6 Å². The van der Waals surface area contributed by atoms with E-state index in [1.54, 1.807) is 12.1 Å². The summed E-state index contributed by atoms with van der Waals surface area (Å²) in [4.78, 5) is 12.3. The van der Waals surface area contributed by atoms with Gasteiger partial charge in [-0.05, 0) is 18.6 Å². The second kappa shape index (κ2) is 9.93. The van der Waals surface area contributed by atoms with Crippen LogP contribution in [0.3, 0.4) is 0 Å². The second-order valence-corrected chi connectivity index (χ2v) is 5.94. The Kier molecular flexibility index (Phi) is 8.62. The summed E-state index contributed by atoms with van der Waals surface area (Å²) in [5.41, 5.74) is 0.399. The molecule has 0 radical (unpaired) electrons. The molecule has 3 N–H and O–H groups in total. The Hall–Kier alpha value is -1.21. The molecule has 1 aliphatic heterocycles. The van der Waals surface area contributed by atoms with Crippen molar-refractivity contribution in [2.24, 2.45) is 5.92 Å². The summed E-state index contributed by atoms with van der Waals surface area (Å²) in [5, 5.41) is 16.0. The molecule has 0 saturated carbocycles. The van der Waals surface area contributed by atoms with Crippen LogP contribution in [0.25, 0.3) is 0 Å². The number of methoxy groups -OCH3 is 1. The van der Waals surface area contributed by atoms with Crippen molar-refractivity contribution in [3.63, 3.8) is 0 Å². The molecule has 1 amide bonds. The number of carbonyl (C=O) groups is 1. The SMILES string of the molecule is CCCOc1c(Cl)cc(C(=O)NCC2CNCC2O)cc1OC.Cl. The highest BCUT2D eigenvalue weighted by Gasteiger charge is 2.25. The minimum Gasteiger partial charge on any atom is -0.493 e. The molecule has 2 atom stereocenters. The monoisotopic (exact) mass is 378 g/mol. The number of β-amino-alcohol motifs (C(OH)–C–C–N with tert-alkyl or cyclic N) is 1. The maximum absolute atomic E-state index is 12.3. The average molecular weight is 379 g/mol. The van der Waals surface area contributed by atoms with Crippen LogP contribution in [0.1, 0.15) is 23.7 Å². The fourth-order valence-corrected chi connectivity index (χ4v) is 2.71. The van der Waals surface area contributed by atoms with Crippen LogP contribution < -0.4 is 20.1 Å². The third-order valence-electron chi connectivity index (χ3n) is 3.77. The van der Waals surface area contributed by atoms with Gasteiger partial charge in [0.15, 0.2) is 11.5 Å². The Morgan fingerprint density at radius 3 is 2.79 bits per heavy atom. The molecule has 1 heterocycles. The van der Waals surface area contributed by atoms with Gasteiger partial charge in [0.25, 0.3) is 5.91 Å². The first kappa shape index (κ1) is 20.8. The van der Waals surface area contributed by atoms with Gasteiger partial charge in [-0.15, -0.1) is 12.4 Å². The van der Waals surface area contributed by atoms with E-state index in [2.05, 4.69) is 10.6 Å². The van der Waals surface area contributed by atoms with Gasteiger partial charge < -0.3 is 25.2 Å². The molecule has 0 spiro atoms. The minimum absolute atomic E-state index is 0. The fourth-order valence-electron chi connectivity index (χ4n) is 2.45. The quantitative estimate of drug-likeness (QED) is 0.674. The number of rotatable bonds is 7. The van der Waals surface area contributed by atoms with Crippen LogP contribution >= 0.6 is 24.0 Å². The highest BCUT2D eigenvalue weighted by Crippen LogP contribution is 2.36. The van der Waals surface area contributed by atoms with Gasteiger partial charge in [0, 0.05) is 31.1 Å².